The van der Waals surface area contributed by atoms with Crippen molar-refractivity contribution in [3.05, 3.63) is 98.5 Å². The van der Waals surface area contributed by atoms with Crippen molar-refractivity contribution >= 4 is 44.8 Å². The van der Waals surface area contributed by atoms with E-state index in [1.54, 1.807) is 42.5 Å². The lowest BCUT2D eigenvalue weighted by atomic mass is 10.00. The molecule has 0 aromatic heterocycles. The highest BCUT2D eigenvalue weighted by molar-refractivity contribution is 7.92. The van der Waals surface area contributed by atoms with Gasteiger partial charge in [-0.2, -0.15) is 0 Å². The first kappa shape index (κ1) is 25.1. The van der Waals surface area contributed by atoms with E-state index in [2.05, 4.69) is 11.4 Å². The zero-order valence-electron chi connectivity index (χ0n) is 18.9. The van der Waals surface area contributed by atoms with Crippen LogP contribution in [0.4, 0.5) is 5.69 Å². The molecule has 8 heteroatoms. The number of nitrogens with one attached hydrogen (secondary N) is 1. The van der Waals surface area contributed by atoms with E-state index < -0.39 is 10.0 Å². The van der Waals surface area contributed by atoms with Gasteiger partial charge in [0.15, 0.2) is 0 Å². The minimum Gasteiger partial charge on any atom is -0.346 e. The largest absolute Gasteiger partial charge is 0.346 e. The molecule has 0 saturated carbocycles. The van der Waals surface area contributed by atoms with Gasteiger partial charge < -0.3 is 5.32 Å². The van der Waals surface area contributed by atoms with Crippen LogP contribution in [0.1, 0.15) is 45.6 Å². The summed E-state index contributed by atoms with van der Waals surface area (Å²) in [5, 5.41) is 3.76. The number of carbonyl (C=O) groups excluding carboxylic acids is 1. The number of sulfonamides is 1. The van der Waals surface area contributed by atoms with Crippen LogP contribution in [-0.4, -0.2) is 20.6 Å². The van der Waals surface area contributed by atoms with E-state index in [-0.39, 0.29) is 18.5 Å². The van der Waals surface area contributed by atoms with E-state index in [1.807, 2.05) is 32.9 Å². The number of anilines is 1. The summed E-state index contributed by atoms with van der Waals surface area (Å²) in [5.74, 6) is -0.242. The smallest absolute Gasteiger partial charge is 0.251 e. The lowest BCUT2D eigenvalue weighted by Gasteiger charge is -2.24. The number of nitrogens with zero attached hydrogens (tertiary/aromatic N) is 1. The van der Waals surface area contributed by atoms with Gasteiger partial charge in [0.05, 0.1) is 24.5 Å². The first-order valence-electron chi connectivity index (χ1n) is 10.4. The van der Waals surface area contributed by atoms with E-state index in [0.717, 1.165) is 17.4 Å². The van der Waals surface area contributed by atoms with Gasteiger partial charge in [-0.3, -0.25) is 9.10 Å². The van der Waals surface area contributed by atoms with Crippen LogP contribution in [0.15, 0.2) is 60.7 Å². The Morgan fingerprint density at radius 3 is 2.15 bits per heavy atom. The molecule has 0 radical (unpaired) electrons. The van der Waals surface area contributed by atoms with Crippen LogP contribution in [0, 0.1) is 13.8 Å². The van der Waals surface area contributed by atoms with Crippen molar-refractivity contribution < 1.29 is 13.2 Å². The van der Waals surface area contributed by atoms with E-state index in [1.165, 1.54) is 9.87 Å². The van der Waals surface area contributed by atoms with E-state index >= 15 is 0 Å². The summed E-state index contributed by atoms with van der Waals surface area (Å²) in [4.78, 5) is 12.8. The third kappa shape index (κ3) is 6.08. The molecule has 1 atom stereocenters. The molecule has 0 bridgehead atoms. The maximum atomic E-state index is 12.8. The van der Waals surface area contributed by atoms with Crippen LogP contribution >= 0.6 is 23.2 Å². The molecule has 0 fully saturated rings. The zero-order valence-corrected chi connectivity index (χ0v) is 21.2. The van der Waals surface area contributed by atoms with Gasteiger partial charge in [-0.15, -0.1) is 0 Å². The van der Waals surface area contributed by atoms with Gasteiger partial charge in [0.25, 0.3) is 5.91 Å². The van der Waals surface area contributed by atoms with Gasteiger partial charge in [-0.25, -0.2) is 8.42 Å². The number of hydrogen-bond acceptors (Lipinski definition) is 3. The maximum absolute atomic E-state index is 12.8. The normalized spacial score (nSPS) is 12.3. The van der Waals surface area contributed by atoms with Crippen molar-refractivity contribution in [2.24, 2.45) is 0 Å². The molecular formula is C25H26Cl2N2O3S. The summed E-state index contributed by atoms with van der Waals surface area (Å²) in [7, 11) is -3.63. The van der Waals surface area contributed by atoms with Gasteiger partial charge in [-0.05, 0) is 68.3 Å². The van der Waals surface area contributed by atoms with Crippen LogP contribution in [-0.2, 0) is 16.6 Å². The summed E-state index contributed by atoms with van der Waals surface area (Å²) in [6.45, 7) is 5.96. The van der Waals surface area contributed by atoms with Crippen molar-refractivity contribution in [2.75, 3.05) is 10.6 Å². The molecule has 0 spiro atoms. The maximum Gasteiger partial charge on any atom is 0.251 e. The Bertz CT molecular complexity index is 1260. The van der Waals surface area contributed by atoms with Gasteiger partial charge in [0, 0.05) is 21.2 Å². The Balaban J connectivity index is 1.81. The minimum atomic E-state index is -3.63. The molecule has 3 rings (SSSR count). The molecule has 0 aliphatic rings. The van der Waals surface area contributed by atoms with Crippen molar-refractivity contribution in [3.8, 4) is 0 Å². The molecule has 3 aromatic carbocycles. The highest BCUT2D eigenvalue weighted by Gasteiger charge is 2.21. The fourth-order valence-corrected chi connectivity index (χ4v) is 5.06. The third-order valence-corrected chi connectivity index (χ3v) is 7.27. The average Bonchev–Trinajstić information content (AvgIpc) is 2.72. The molecule has 0 heterocycles. The van der Waals surface area contributed by atoms with Gasteiger partial charge in [0.2, 0.25) is 10.0 Å². The quantitative estimate of drug-likeness (QED) is 0.424. The molecule has 0 aliphatic carbocycles. The molecule has 1 amide bonds. The number of aryl methyl sites for hydroxylation is 2. The number of hydrogen-bond donors (Lipinski definition) is 1. The predicted molar refractivity (Wildman–Crippen MR) is 136 cm³/mol. The topological polar surface area (TPSA) is 66.5 Å². The van der Waals surface area contributed by atoms with Crippen molar-refractivity contribution in [3.63, 3.8) is 0 Å². The fraction of sp³-hybridized carbons (Fsp3) is 0.240. The van der Waals surface area contributed by atoms with Gasteiger partial charge in [-0.1, -0.05) is 53.0 Å². The van der Waals surface area contributed by atoms with Crippen LogP contribution in [0.3, 0.4) is 0 Å². The van der Waals surface area contributed by atoms with Gasteiger partial charge >= 0.3 is 0 Å². The number of halogens is 2. The average molecular weight is 505 g/mol. The lowest BCUT2D eigenvalue weighted by Crippen LogP contribution is -2.30. The van der Waals surface area contributed by atoms with Crippen molar-refractivity contribution in [1.29, 1.82) is 0 Å². The Kier molecular flexibility index (Phi) is 7.73. The van der Waals surface area contributed by atoms with Crippen molar-refractivity contribution in [2.45, 2.75) is 33.4 Å². The van der Waals surface area contributed by atoms with Gasteiger partial charge in [0.1, 0.15) is 0 Å². The van der Waals surface area contributed by atoms with E-state index in [4.69, 9.17) is 23.2 Å². The Labute approximate surface area is 205 Å². The molecule has 0 saturated heterocycles. The Morgan fingerprint density at radius 2 is 1.61 bits per heavy atom. The third-order valence-electron chi connectivity index (χ3n) is 5.42. The molecule has 33 heavy (non-hydrogen) atoms. The number of benzene rings is 3. The molecule has 3 aromatic rings. The van der Waals surface area contributed by atoms with Crippen molar-refractivity contribution in [1.82, 2.24) is 5.32 Å². The minimum absolute atomic E-state index is 0.0212. The number of carbonyl (C=O) groups is 1. The molecule has 1 N–H and O–H groups in total. The Hall–Kier alpha value is -2.54. The number of amides is 1. The monoisotopic (exact) mass is 504 g/mol. The highest BCUT2D eigenvalue weighted by atomic mass is 35.5. The molecular weight excluding hydrogens is 479 g/mol. The van der Waals surface area contributed by atoms with Crippen LogP contribution in [0.25, 0.3) is 0 Å². The second-order valence-electron chi connectivity index (χ2n) is 8.07. The van der Waals surface area contributed by atoms with E-state index in [9.17, 15) is 13.2 Å². The molecule has 174 valence electrons. The van der Waals surface area contributed by atoms with E-state index in [0.29, 0.717) is 26.9 Å². The lowest BCUT2D eigenvalue weighted by molar-refractivity contribution is 0.0940. The summed E-state index contributed by atoms with van der Waals surface area (Å²) >= 11 is 12.5. The molecule has 1 unspecified atom stereocenters. The first-order valence-corrected chi connectivity index (χ1v) is 13.0. The molecule has 5 nitrogen and oxygen atoms in total. The summed E-state index contributed by atoms with van der Waals surface area (Å²) < 4.78 is 26.2. The van der Waals surface area contributed by atoms with Crippen LogP contribution in [0.2, 0.25) is 10.0 Å². The fourth-order valence-electron chi connectivity index (χ4n) is 3.68. The second-order valence-corrected chi connectivity index (χ2v) is 10.8. The Morgan fingerprint density at radius 1 is 1.00 bits per heavy atom. The highest BCUT2D eigenvalue weighted by Crippen LogP contribution is 2.29. The summed E-state index contributed by atoms with van der Waals surface area (Å²) in [5.41, 5.74) is 4.67. The SMILES string of the molecule is Cc1ccc(C(C)NC(=O)c2ccc(N(Cc3c(Cl)cccc3Cl)S(C)(=O)=O)cc2)c(C)c1. The van der Waals surface area contributed by atoms with Crippen LogP contribution < -0.4 is 9.62 Å². The van der Waals surface area contributed by atoms with Crippen LogP contribution in [0.5, 0.6) is 0 Å². The first-order chi connectivity index (χ1) is 15.5. The standard InChI is InChI=1S/C25H26Cl2N2O3S/c1-16-8-13-21(17(2)14-16)18(3)28-25(30)19-9-11-20(12-10-19)29(33(4,31)32)15-22-23(26)6-5-7-24(22)27/h5-14,18H,15H2,1-4H3,(H,28,30). The summed E-state index contributed by atoms with van der Waals surface area (Å²) in [6, 6.07) is 17.4. The predicted octanol–water partition coefficient (Wildman–Crippen LogP) is 6.07. The number of rotatable bonds is 7. The summed E-state index contributed by atoms with van der Waals surface area (Å²) in [6.07, 6.45) is 1.12. The zero-order chi connectivity index (χ0) is 24.3. The second kappa shape index (κ2) is 10.2. The molecule has 0 aliphatic heterocycles.